The van der Waals surface area contributed by atoms with Crippen LogP contribution in [0.25, 0.3) is 6.08 Å². The van der Waals surface area contributed by atoms with Crippen molar-refractivity contribution < 1.29 is 14.6 Å². The molecule has 2 aromatic carbocycles. The normalized spacial score (nSPS) is 11.4. The lowest BCUT2D eigenvalue weighted by Gasteiger charge is -2.27. The van der Waals surface area contributed by atoms with Crippen molar-refractivity contribution in [3.05, 3.63) is 74.8 Å². The van der Waals surface area contributed by atoms with E-state index in [2.05, 4.69) is 54.5 Å². The zero-order chi connectivity index (χ0) is 24.8. The fraction of sp³-hybridized carbons (Fsp3) is 0.308. The first-order valence-electron chi connectivity index (χ1n) is 10.9. The van der Waals surface area contributed by atoms with Crippen LogP contribution < -0.4 is 9.04 Å². The fourth-order valence-corrected chi connectivity index (χ4v) is 5.52. The van der Waals surface area contributed by atoms with E-state index in [9.17, 15) is 4.79 Å². The van der Waals surface area contributed by atoms with E-state index >= 15 is 0 Å². The molecule has 0 saturated heterocycles. The number of rotatable bonds is 10. The van der Waals surface area contributed by atoms with Gasteiger partial charge in [0.15, 0.2) is 4.34 Å². The Morgan fingerprint density at radius 1 is 1.24 bits per heavy atom. The maximum atomic E-state index is 10.8. The first-order valence-corrected chi connectivity index (χ1v) is 13.0. The summed E-state index contributed by atoms with van der Waals surface area (Å²) in [6.07, 6.45) is 2.61. The van der Waals surface area contributed by atoms with Crippen molar-refractivity contribution >= 4 is 52.6 Å². The maximum absolute atomic E-state index is 10.8. The number of anilines is 1. The van der Waals surface area contributed by atoms with Gasteiger partial charge >= 0.3 is 5.97 Å². The SMILES string of the molecule is Cc1csc(SN(CC(C)C)c2cc(C)c(C)cc2OCc2ccc(C=CC(=O)O)cc2Cl)n1. The molecule has 1 heterocycles. The lowest BCUT2D eigenvalue weighted by atomic mass is 10.1. The topological polar surface area (TPSA) is 62.7 Å². The maximum Gasteiger partial charge on any atom is 0.328 e. The molecule has 0 aliphatic heterocycles. The van der Waals surface area contributed by atoms with Gasteiger partial charge in [-0.05, 0) is 67.7 Å². The number of hydrogen-bond donors (Lipinski definition) is 1. The highest BCUT2D eigenvalue weighted by Gasteiger charge is 2.19. The molecule has 0 aliphatic rings. The van der Waals surface area contributed by atoms with Gasteiger partial charge in [-0.25, -0.2) is 9.78 Å². The second-order valence-corrected chi connectivity index (χ2v) is 11.1. The highest BCUT2D eigenvalue weighted by Crippen LogP contribution is 2.39. The molecule has 0 radical (unpaired) electrons. The van der Waals surface area contributed by atoms with E-state index in [0.717, 1.165) is 50.8 Å². The molecule has 0 amide bonds. The largest absolute Gasteiger partial charge is 0.487 e. The van der Waals surface area contributed by atoms with Gasteiger partial charge in [0.1, 0.15) is 12.4 Å². The standard InChI is InChI=1S/C26H29ClN2O3S2/c1-16(2)13-29(34-26-28-19(5)15-33-26)23-10-17(3)18(4)11-24(23)32-14-21-8-6-20(12-22(21)27)7-9-25(30)31/h6-12,15-16H,13-14H2,1-5H3,(H,30,31). The summed E-state index contributed by atoms with van der Waals surface area (Å²) in [6.45, 7) is 11.7. The summed E-state index contributed by atoms with van der Waals surface area (Å²) in [5.74, 6) is 0.238. The number of aromatic nitrogens is 1. The third-order valence-electron chi connectivity index (χ3n) is 5.04. The molecule has 34 heavy (non-hydrogen) atoms. The molecule has 8 heteroatoms. The summed E-state index contributed by atoms with van der Waals surface area (Å²) in [5, 5.41) is 11.4. The van der Waals surface area contributed by atoms with Crippen molar-refractivity contribution in [3.8, 4) is 5.75 Å². The molecule has 3 aromatic rings. The van der Waals surface area contributed by atoms with Crippen LogP contribution in [0.1, 0.15) is 41.8 Å². The number of ether oxygens (including phenoxy) is 1. The quantitative estimate of drug-likeness (QED) is 0.221. The van der Waals surface area contributed by atoms with Crippen LogP contribution in [0.3, 0.4) is 0 Å². The van der Waals surface area contributed by atoms with Crippen LogP contribution in [0.4, 0.5) is 5.69 Å². The molecular formula is C26H29ClN2O3S2. The zero-order valence-corrected chi connectivity index (χ0v) is 22.4. The number of benzene rings is 2. The second kappa shape index (κ2) is 11.8. The van der Waals surface area contributed by atoms with E-state index in [-0.39, 0.29) is 0 Å². The summed E-state index contributed by atoms with van der Waals surface area (Å²) < 4.78 is 9.57. The Bertz CT molecular complexity index is 1190. The van der Waals surface area contributed by atoms with Gasteiger partial charge in [-0.2, -0.15) is 0 Å². The van der Waals surface area contributed by atoms with Crippen molar-refractivity contribution in [3.63, 3.8) is 0 Å². The number of aliphatic carboxylic acids is 1. The minimum atomic E-state index is -0.998. The number of carboxylic acids is 1. The van der Waals surface area contributed by atoms with E-state index in [1.165, 1.54) is 11.6 Å². The smallest absolute Gasteiger partial charge is 0.328 e. The Kier molecular flexibility index (Phi) is 9.05. The molecular weight excluding hydrogens is 488 g/mol. The van der Waals surface area contributed by atoms with Crippen LogP contribution in [-0.4, -0.2) is 22.6 Å². The molecule has 180 valence electrons. The Hall–Kier alpha value is -2.48. The molecule has 3 rings (SSSR count). The summed E-state index contributed by atoms with van der Waals surface area (Å²) in [4.78, 5) is 15.4. The van der Waals surface area contributed by atoms with Gasteiger partial charge in [-0.1, -0.05) is 37.6 Å². The number of carboxylic acid groups (broad SMARTS) is 1. The monoisotopic (exact) mass is 516 g/mol. The van der Waals surface area contributed by atoms with Crippen molar-refractivity contribution in [1.29, 1.82) is 0 Å². The van der Waals surface area contributed by atoms with Crippen molar-refractivity contribution in [2.24, 2.45) is 5.92 Å². The summed E-state index contributed by atoms with van der Waals surface area (Å²) in [5.41, 5.74) is 5.92. The number of aryl methyl sites for hydroxylation is 3. The van der Waals surface area contributed by atoms with Gasteiger partial charge < -0.3 is 14.1 Å². The first-order chi connectivity index (χ1) is 16.1. The average Bonchev–Trinajstić information content (AvgIpc) is 3.17. The highest BCUT2D eigenvalue weighted by molar-refractivity contribution is 8.02. The summed E-state index contributed by atoms with van der Waals surface area (Å²) in [6, 6.07) is 9.68. The lowest BCUT2D eigenvalue weighted by Crippen LogP contribution is -2.21. The van der Waals surface area contributed by atoms with Gasteiger partial charge in [0.2, 0.25) is 0 Å². The molecule has 0 atom stereocenters. The number of halogens is 1. The summed E-state index contributed by atoms with van der Waals surface area (Å²) >= 11 is 9.74. The third kappa shape index (κ3) is 7.26. The van der Waals surface area contributed by atoms with Gasteiger partial charge in [0.05, 0.1) is 5.69 Å². The molecule has 0 spiro atoms. The molecule has 0 unspecified atom stereocenters. The van der Waals surface area contributed by atoms with E-state index in [1.54, 1.807) is 29.4 Å². The molecule has 0 fully saturated rings. The molecule has 1 N–H and O–H groups in total. The Balaban J connectivity index is 1.88. The average molecular weight is 517 g/mol. The Labute approximate surface area is 214 Å². The lowest BCUT2D eigenvalue weighted by molar-refractivity contribution is -0.131. The van der Waals surface area contributed by atoms with Crippen LogP contribution in [0, 0.1) is 26.7 Å². The fourth-order valence-electron chi connectivity index (χ4n) is 3.18. The molecule has 1 aromatic heterocycles. The molecule has 5 nitrogen and oxygen atoms in total. The number of thiazole rings is 1. The Morgan fingerprint density at radius 2 is 1.97 bits per heavy atom. The van der Waals surface area contributed by atoms with E-state index in [0.29, 0.717) is 17.5 Å². The van der Waals surface area contributed by atoms with E-state index in [4.69, 9.17) is 21.4 Å². The number of nitrogens with zero attached hydrogens (tertiary/aromatic N) is 2. The van der Waals surface area contributed by atoms with Crippen LogP contribution in [0.15, 0.2) is 46.1 Å². The second-order valence-electron chi connectivity index (χ2n) is 8.52. The molecule has 0 saturated carbocycles. The predicted octanol–water partition coefficient (Wildman–Crippen LogP) is 7.57. The highest BCUT2D eigenvalue weighted by atomic mass is 35.5. The van der Waals surface area contributed by atoms with Gasteiger partial charge in [-0.3, -0.25) is 0 Å². The molecule has 0 bridgehead atoms. The minimum Gasteiger partial charge on any atom is -0.487 e. The number of carbonyl (C=O) groups is 1. The van der Waals surface area contributed by atoms with Crippen molar-refractivity contribution in [2.75, 3.05) is 10.8 Å². The third-order valence-corrected chi connectivity index (χ3v) is 7.47. The van der Waals surface area contributed by atoms with Crippen LogP contribution in [0.2, 0.25) is 5.02 Å². The van der Waals surface area contributed by atoms with Gasteiger partial charge in [-0.15, -0.1) is 11.3 Å². The van der Waals surface area contributed by atoms with Crippen LogP contribution >= 0.6 is 34.9 Å². The minimum absolute atomic E-state index is 0.299. The van der Waals surface area contributed by atoms with Gasteiger partial charge in [0, 0.05) is 46.2 Å². The van der Waals surface area contributed by atoms with E-state index in [1.807, 2.05) is 19.1 Å². The van der Waals surface area contributed by atoms with Crippen LogP contribution in [-0.2, 0) is 11.4 Å². The first kappa shape index (κ1) is 26.1. The molecule has 0 aliphatic carbocycles. The van der Waals surface area contributed by atoms with Gasteiger partial charge in [0.25, 0.3) is 0 Å². The zero-order valence-electron chi connectivity index (χ0n) is 20.0. The Morgan fingerprint density at radius 3 is 2.59 bits per heavy atom. The summed E-state index contributed by atoms with van der Waals surface area (Å²) in [7, 11) is 0. The van der Waals surface area contributed by atoms with Crippen molar-refractivity contribution in [1.82, 2.24) is 4.98 Å². The van der Waals surface area contributed by atoms with Crippen molar-refractivity contribution in [2.45, 2.75) is 45.6 Å². The van der Waals surface area contributed by atoms with Crippen LogP contribution in [0.5, 0.6) is 5.75 Å². The van der Waals surface area contributed by atoms with E-state index < -0.39 is 5.97 Å². The number of hydrogen-bond acceptors (Lipinski definition) is 6. The predicted molar refractivity (Wildman–Crippen MR) is 143 cm³/mol.